The van der Waals surface area contributed by atoms with Crippen LogP contribution in [0.5, 0.6) is 0 Å². The predicted molar refractivity (Wildman–Crippen MR) is 71.3 cm³/mol. The van der Waals surface area contributed by atoms with Gasteiger partial charge in [0.2, 0.25) is 0 Å². The number of hydrogen-bond donors (Lipinski definition) is 1. The first-order valence-corrected chi connectivity index (χ1v) is 6.05. The van der Waals surface area contributed by atoms with Gasteiger partial charge in [0.15, 0.2) is 0 Å². The summed E-state index contributed by atoms with van der Waals surface area (Å²) in [6.45, 7) is 5.34. The van der Waals surface area contributed by atoms with Crippen LogP contribution in [-0.4, -0.2) is 22.6 Å². The third kappa shape index (κ3) is 3.99. The molecule has 0 spiro atoms. The number of carbonyl (C=O) groups is 2. The van der Waals surface area contributed by atoms with Crippen LogP contribution in [0.2, 0.25) is 0 Å². The molecule has 0 bridgehead atoms. The number of aromatic carboxylic acids is 1. The van der Waals surface area contributed by atoms with Gasteiger partial charge in [-0.2, -0.15) is 0 Å². The van der Waals surface area contributed by atoms with Crippen molar-refractivity contribution in [1.82, 2.24) is 0 Å². The highest BCUT2D eigenvalue weighted by Crippen LogP contribution is 2.17. The molecule has 1 N–H and O–H groups in total. The van der Waals surface area contributed by atoms with Crippen LogP contribution in [0.3, 0.4) is 0 Å². The molecule has 0 fully saturated rings. The number of halogens is 1. The maximum atomic E-state index is 11.7. The van der Waals surface area contributed by atoms with Crippen molar-refractivity contribution in [2.75, 3.05) is 0 Å². The van der Waals surface area contributed by atoms with Crippen LogP contribution < -0.4 is 0 Å². The summed E-state index contributed by atoms with van der Waals surface area (Å²) < 4.78 is 5.70. The Morgan fingerprint density at radius 1 is 1.29 bits per heavy atom. The molecule has 0 atom stereocenters. The van der Waals surface area contributed by atoms with Crippen LogP contribution in [0, 0.1) is 3.57 Å². The van der Waals surface area contributed by atoms with E-state index in [4.69, 9.17) is 9.84 Å². The Hall–Kier alpha value is -1.11. The van der Waals surface area contributed by atoms with Crippen molar-refractivity contribution in [3.05, 3.63) is 32.9 Å². The van der Waals surface area contributed by atoms with Gasteiger partial charge in [-0.3, -0.25) is 0 Å². The van der Waals surface area contributed by atoms with E-state index in [1.54, 1.807) is 20.8 Å². The zero-order chi connectivity index (χ0) is 13.2. The van der Waals surface area contributed by atoms with E-state index in [1.165, 1.54) is 18.2 Å². The summed E-state index contributed by atoms with van der Waals surface area (Å²) in [5.74, 6) is -1.46. The summed E-state index contributed by atoms with van der Waals surface area (Å²) in [7, 11) is 0. The van der Waals surface area contributed by atoms with Crippen LogP contribution in [0.25, 0.3) is 0 Å². The van der Waals surface area contributed by atoms with E-state index in [9.17, 15) is 9.59 Å². The van der Waals surface area contributed by atoms with E-state index in [0.717, 1.165) is 0 Å². The van der Waals surface area contributed by atoms with Crippen LogP contribution in [0.1, 0.15) is 41.5 Å². The first-order chi connectivity index (χ1) is 7.70. The molecule has 0 saturated carbocycles. The normalized spacial score (nSPS) is 11.1. The summed E-state index contributed by atoms with van der Waals surface area (Å²) in [5.41, 5.74) is -0.0270. The van der Waals surface area contributed by atoms with E-state index in [0.29, 0.717) is 9.13 Å². The average Bonchev–Trinajstić information content (AvgIpc) is 2.14. The van der Waals surface area contributed by atoms with Crippen molar-refractivity contribution in [1.29, 1.82) is 0 Å². The fourth-order valence-electron chi connectivity index (χ4n) is 1.15. The molecule has 0 heterocycles. The fraction of sp³-hybridized carbons (Fsp3) is 0.333. The zero-order valence-corrected chi connectivity index (χ0v) is 11.9. The molecule has 0 radical (unpaired) electrons. The quantitative estimate of drug-likeness (QED) is 0.659. The van der Waals surface area contributed by atoms with E-state index in [-0.39, 0.29) is 5.56 Å². The largest absolute Gasteiger partial charge is 0.478 e. The predicted octanol–water partition coefficient (Wildman–Crippen LogP) is 2.94. The second-order valence-electron chi connectivity index (χ2n) is 4.50. The van der Waals surface area contributed by atoms with Crippen molar-refractivity contribution in [3.8, 4) is 0 Å². The molecule has 0 amide bonds. The fourth-order valence-corrected chi connectivity index (χ4v) is 1.90. The summed E-state index contributed by atoms with van der Waals surface area (Å²) in [5, 5.41) is 8.86. The molecular formula is C12H13IO4. The second-order valence-corrected chi connectivity index (χ2v) is 5.66. The first-order valence-electron chi connectivity index (χ1n) is 4.97. The molecule has 92 valence electrons. The van der Waals surface area contributed by atoms with Gasteiger partial charge in [-0.05, 0) is 61.6 Å². The van der Waals surface area contributed by atoms with Gasteiger partial charge in [-0.15, -0.1) is 0 Å². The third-order valence-electron chi connectivity index (χ3n) is 1.83. The highest BCUT2D eigenvalue weighted by Gasteiger charge is 2.19. The second kappa shape index (κ2) is 5.03. The SMILES string of the molecule is CC(C)(C)OC(=O)c1ccc(C(=O)O)c(I)c1. The molecule has 1 aromatic carbocycles. The number of carboxylic acid groups (broad SMARTS) is 1. The van der Waals surface area contributed by atoms with Gasteiger partial charge in [-0.25, -0.2) is 9.59 Å². The monoisotopic (exact) mass is 348 g/mol. The van der Waals surface area contributed by atoms with Crippen molar-refractivity contribution in [2.24, 2.45) is 0 Å². The van der Waals surface area contributed by atoms with Crippen LogP contribution in [0.15, 0.2) is 18.2 Å². The van der Waals surface area contributed by atoms with Crippen molar-refractivity contribution >= 4 is 34.5 Å². The molecule has 4 nitrogen and oxygen atoms in total. The van der Waals surface area contributed by atoms with Gasteiger partial charge in [-0.1, -0.05) is 0 Å². The number of carbonyl (C=O) groups excluding carboxylic acids is 1. The molecular weight excluding hydrogens is 335 g/mol. The summed E-state index contributed by atoms with van der Waals surface area (Å²) >= 11 is 1.88. The highest BCUT2D eigenvalue weighted by molar-refractivity contribution is 14.1. The number of esters is 1. The molecule has 0 aliphatic carbocycles. The van der Waals surface area contributed by atoms with Gasteiger partial charge in [0.05, 0.1) is 11.1 Å². The molecule has 0 aliphatic rings. The lowest BCUT2D eigenvalue weighted by molar-refractivity contribution is 0.00690. The Kier molecular flexibility index (Phi) is 4.13. The maximum absolute atomic E-state index is 11.7. The van der Waals surface area contributed by atoms with Crippen LogP contribution >= 0.6 is 22.6 Å². The smallest absolute Gasteiger partial charge is 0.338 e. The minimum Gasteiger partial charge on any atom is -0.478 e. The Balaban J connectivity index is 2.98. The van der Waals surface area contributed by atoms with E-state index < -0.39 is 17.5 Å². The maximum Gasteiger partial charge on any atom is 0.338 e. The molecule has 0 aliphatic heterocycles. The van der Waals surface area contributed by atoms with E-state index in [2.05, 4.69) is 0 Å². The third-order valence-corrected chi connectivity index (χ3v) is 2.73. The number of hydrogen-bond acceptors (Lipinski definition) is 3. The van der Waals surface area contributed by atoms with Crippen molar-refractivity contribution < 1.29 is 19.4 Å². The topological polar surface area (TPSA) is 63.6 Å². The minimum absolute atomic E-state index is 0.179. The van der Waals surface area contributed by atoms with E-state index in [1.807, 2.05) is 22.6 Å². The van der Waals surface area contributed by atoms with Gasteiger partial charge in [0, 0.05) is 3.57 Å². The van der Waals surface area contributed by atoms with Gasteiger partial charge >= 0.3 is 11.9 Å². The first kappa shape index (κ1) is 14.0. The summed E-state index contributed by atoms with van der Waals surface area (Å²) in [6, 6.07) is 4.38. The summed E-state index contributed by atoms with van der Waals surface area (Å²) in [4.78, 5) is 22.5. The molecule has 1 aromatic rings. The van der Waals surface area contributed by atoms with Crippen LogP contribution in [-0.2, 0) is 4.74 Å². The molecule has 0 saturated heterocycles. The minimum atomic E-state index is -1.01. The zero-order valence-electron chi connectivity index (χ0n) is 9.78. The Labute approximate surface area is 113 Å². The van der Waals surface area contributed by atoms with Gasteiger partial charge < -0.3 is 9.84 Å². The van der Waals surface area contributed by atoms with Crippen LogP contribution in [0.4, 0.5) is 0 Å². The Morgan fingerprint density at radius 2 is 1.88 bits per heavy atom. The standard InChI is InChI=1S/C12H13IO4/c1-12(2,3)17-11(16)7-4-5-8(10(14)15)9(13)6-7/h4-6H,1-3H3,(H,14,15). The lowest BCUT2D eigenvalue weighted by Crippen LogP contribution is -2.24. The molecule has 1 rings (SSSR count). The van der Waals surface area contributed by atoms with E-state index >= 15 is 0 Å². The number of benzene rings is 1. The lowest BCUT2D eigenvalue weighted by Gasteiger charge is -2.19. The molecule has 0 unspecified atom stereocenters. The summed E-state index contributed by atoms with van der Waals surface area (Å²) in [6.07, 6.45) is 0. The Morgan fingerprint density at radius 3 is 2.29 bits per heavy atom. The average molecular weight is 348 g/mol. The molecule has 5 heteroatoms. The number of rotatable bonds is 2. The van der Waals surface area contributed by atoms with Gasteiger partial charge in [0.1, 0.15) is 5.60 Å². The molecule has 17 heavy (non-hydrogen) atoms. The number of ether oxygens (including phenoxy) is 1. The highest BCUT2D eigenvalue weighted by atomic mass is 127. The Bertz CT molecular complexity index is 460. The molecule has 0 aromatic heterocycles. The van der Waals surface area contributed by atoms with Gasteiger partial charge in [0.25, 0.3) is 0 Å². The van der Waals surface area contributed by atoms with Crippen molar-refractivity contribution in [2.45, 2.75) is 26.4 Å². The lowest BCUT2D eigenvalue weighted by atomic mass is 10.1. The van der Waals surface area contributed by atoms with Crippen molar-refractivity contribution in [3.63, 3.8) is 0 Å². The number of carboxylic acids is 1.